The lowest BCUT2D eigenvalue weighted by molar-refractivity contribution is 0.268. The van der Waals surface area contributed by atoms with Crippen molar-refractivity contribution in [2.45, 2.75) is 103 Å². The van der Waals surface area contributed by atoms with E-state index in [9.17, 15) is 8.42 Å². The van der Waals surface area contributed by atoms with Crippen molar-refractivity contribution in [2.24, 2.45) is 0 Å². The molecule has 1 aliphatic heterocycles. The van der Waals surface area contributed by atoms with Gasteiger partial charge in [-0.2, -0.15) is 4.31 Å². The zero-order valence-electron chi connectivity index (χ0n) is 14.9. The number of rotatable bonds is 12. The summed E-state index contributed by atoms with van der Waals surface area (Å²) in [6.07, 6.45) is 15.7. The van der Waals surface area contributed by atoms with Gasteiger partial charge in [-0.15, -0.1) is 0 Å². The molecule has 0 N–H and O–H groups in total. The van der Waals surface area contributed by atoms with E-state index in [1.54, 1.807) is 4.31 Å². The molecule has 0 saturated carbocycles. The van der Waals surface area contributed by atoms with Gasteiger partial charge in [-0.05, 0) is 26.2 Å². The van der Waals surface area contributed by atoms with E-state index in [-0.39, 0.29) is 6.04 Å². The molecule has 22 heavy (non-hydrogen) atoms. The van der Waals surface area contributed by atoms with Crippen molar-refractivity contribution >= 4 is 10.0 Å². The molecular weight excluding hydrogens is 294 g/mol. The third kappa shape index (κ3) is 7.96. The number of piperidine rings is 1. The van der Waals surface area contributed by atoms with Crippen LogP contribution in [-0.2, 0) is 10.0 Å². The van der Waals surface area contributed by atoms with Gasteiger partial charge in [0.2, 0.25) is 10.0 Å². The second-order valence-electron chi connectivity index (χ2n) is 6.95. The predicted molar refractivity (Wildman–Crippen MR) is 95.6 cm³/mol. The van der Waals surface area contributed by atoms with Gasteiger partial charge in [0.25, 0.3) is 0 Å². The summed E-state index contributed by atoms with van der Waals surface area (Å²) in [6.45, 7) is 5.04. The van der Waals surface area contributed by atoms with E-state index in [0.29, 0.717) is 5.75 Å². The molecule has 1 heterocycles. The summed E-state index contributed by atoms with van der Waals surface area (Å²) >= 11 is 0. The maximum atomic E-state index is 12.4. The molecule has 1 fully saturated rings. The van der Waals surface area contributed by atoms with Gasteiger partial charge in [-0.3, -0.25) is 0 Å². The Labute approximate surface area is 138 Å². The maximum absolute atomic E-state index is 12.4. The summed E-state index contributed by atoms with van der Waals surface area (Å²) in [5, 5.41) is 0. The molecule has 1 unspecified atom stereocenters. The van der Waals surface area contributed by atoms with Gasteiger partial charge in [-0.1, -0.05) is 71.1 Å². The van der Waals surface area contributed by atoms with Gasteiger partial charge in [0.15, 0.2) is 0 Å². The van der Waals surface area contributed by atoms with Crippen LogP contribution in [0.3, 0.4) is 0 Å². The van der Waals surface area contributed by atoms with Gasteiger partial charge < -0.3 is 0 Å². The molecule has 1 rings (SSSR count). The Morgan fingerprint density at radius 2 is 1.41 bits per heavy atom. The molecule has 4 heteroatoms. The van der Waals surface area contributed by atoms with Crippen LogP contribution in [0.15, 0.2) is 0 Å². The highest BCUT2D eigenvalue weighted by Crippen LogP contribution is 2.21. The SMILES string of the molecule is CCCCCCCCCCCCS(=O)(=O)N1CCCCC1C. The number of unbranched alkanes of at least 4 members (excludes halogenated alkanes) is 9. The Morgan fingerprint density at radius 1 is 0.864 bits per heavy atom. The smallest absolute Gasteiger partial charge is 0.212 e. The lowest BCUT2D eigenvalue weighted by atomic mass is 10.1. The van der Waals surface area contributed by atoms with Crippen LogP contribution in [0, 0.1) is 0 Å². The molecule has 1 saturated heterocycles. The van der Waals surface area contributed by atoms with Gasteiger partial charge in [0.1, 0.15) is 0 Å². The molecule has 0 aromatic heterocycles. The first kappa shape index (κ1) is 20.0. The molecule has 1 aliphatic rings. The topological polar surface area (TPSA) is 37.4 Å². The largest absolute Gasteiger partial charge is 0.214 e. The van der Waals surface area contributed by atoms with E-state index in [0.717, 1.165) is 32.2 Å². The minimum absolute atomic E-state index is 0.210. The van der Waals surface area contributed by atoms with Crippen molar-refractivity contribution in [3.8, 4) is 0 Å². The van der Waals surface area contributed by atoms with E-state index in [2.05, 4.69) is 13.8 Å². The fourth-order valence-electron chi connectivity index (χ4n) is 3.37. The number of sulfonamides is 1. The third-order valence-corrected chi connectivity index (χ3v) is 6.92. The van der Waals surface area contributed by atoms with Gasteiger partial charge >= 0.3 is 0 Å². The van der Waals surface area contributed by atoms with Crippen molar-refractivity contribution in [3.63, 3.8) is 0 Å². The molecule has 132 valence electrons. The molecule has 0 spiro atoms. The molecule has 0 radical (unpaired) electrons. The van der Waals surface area contributed by atoms with Crippen molar-refractivity contribution in [3.05, 3.63) is 0 Å². The van der Waals surface area contributed by atoms with E-state index in [4.69, 9.17) is 0 Å². The van der Waals surface area contributed by atoms with Crippen molar-refractivity contribution in [2.75, 3.05) is 12.3 Å². The van der Waals surface area contributed by atoms with Gasteiger partial charge in [0.05, 0.1) is 5.75 Å². The number of nitrogens with zero attached hydrogens (tertiary/aromatic N) is 1. The van der Waals surface area contributed by atoms with Crippen molar-refractivity contribution in [1.29, 1.82) is 0 Å². The normalized spacial score (nSPS) is 20.4. The Balaban J connectivity index is 2.03. The zero-order valence-corrected chi connectivity index (χ0v) is 15.7. The first-order valence-electron chi connectivity index (χ1n) is 9.57. The second kappa shape index (κ2) is 11.4. The lowest BCUT2D eigenvalue weighted by Gasteiger charge is -2.32. The van der Waals surface area contributed by atoms with Gasteiger partial charge in [0, 0.05) is 12.6 Å². The second-order valence-corrected chi connectivity index (χ2v) is 8.99. The van der Waals surface area contributed by atoms with E-state index in [1.165, 1.54) is 57.8 Å². The summed E-state index contributed by atoms with van der Waals surface area (Å²) in [7, 11) is -3.01. The average molecular weight is 332 g/mol. The summed E-state index contributed by atoms with van der Waals surface area (Å²) in [6, 6.07) is 0.210. The van der Waals surface area contributed by atoms with Gasteiger partial charge in [-0.25, -0.2) is 8.42 Å². The van der Waals surface area contributed by atoms with E-state index < -0.39 is 10.0 Å². The Bertz CT molecular complexity index is 367. The highest BCUT2D eigenvalue weighted by molar-refractivity contribution is 7.89. The first-order valence-corrected chi connectivity index (χ1v) is 11.2. The van der Waals surface area contributed by atoms with Crippen LogP contribution in [-0.4, -0.2) is 31.1 Å². The van der Waals surface area contributed by atoms with Crippen LogP contribution in [0.25, 0.3) is 0 Å². The van der Waals surface area contributed by atoms with E-state index >= 15 is 0 Å². The molecule has 0 aliphatic carbocycles. The molecule has 0 bridgehead atoms. The maximum Gasteiger partial charge on any atom is 0.214 e. The van der Waals surface area contributed by atoms with Crippen LogP contribution in [0.1, 0.15) is 97.3 Å². The Hall–Kier alpha value is -0.0900. The summed E-state index contributed by atoms with van der Waals surface area (Å²) in [4.78, 5) is 0. The fraction of sp³-hybridized carbons (Fsp3) is 1.00. The van der Waals surface area contributed by atoms with Crippen LogP contribution >= 0.6 is 0 Å². The number of hydrogen-bond donors (Lipinski definition) is 0. The summed E-state index contributed by atoms with van der Waals surface area (Å²) in [5.74, 6) is 0.355. The van der Waals surface area contributed by atoms with Crippen molar-refractivity contribution < 1.29 is 8.42 Å². The summed E-state index contributed by atoms with van der Waals surface area (Å²) in [5.41, 5.74) is 0. The van der Waals surface area contributed by atoms with Crippen molar-refractivity contribution in [1.82, 2.24) is 4.31 Å². The minimum Gasteiger partial charge on any atom is -0.212 e. The number of hydrogen-bond acceptors (Lipinski definition) is 2. The predicted octanol–water partition coefficient (Wildman–Crippen LogP) is 5.11. The van der Waals surface area contributed by atoms with Crippen LogP contribution in [0.2, 0.25) is 0 Å². The molecule has 0 amide bonds. The Morgan fingerprint density at radius 3 is 1.95 bits per heavy atom. The third-order valence-electron chi connectivity index (χ3n) is 4.86. The monoisotopic (exact) mass is 331 g/mol. The first-order chi connectivity index (χ1) is 10.6. The highest BCUT2D eigenvalue weighted by Gasteiger charge is 2.28. The quantitative estimate of drug-likeness (QED) is 0.466. The lowest BCUT2D eigenvalue weighted by Crippen LogP contribution is -2.43. The minimum atomic E-state index is -3.01. The molecule has 3 nitrogen and oxygen atoms in total. The molecule has 0 aromatic rings. The van der Waals surface area contributed by atoms with E-state index in [1.807, 2.05) is 0 Å². The fourth-order valence-corrected chi connectivity index (χ4v) is 5.24. The Kier molecular flexibility index (Phi) is 10.4. The van der Waals surface area contributed by atoms with Crippen LogP contribution < -0.4 is 0 Å². The standard InChI is InChI=1S/C18H37NO2S/c1-3-4-5-6-7-8-9-10-11-14-17-22(20,21)19-16-13-12-15-18(19)2/h18H,3-17H2,1-2H3. The summed E-state index contributed by atoms with van der Waals surface area (Å²) < 4.78 is 26.5. The molecular formula is C18H37NO2S. The zero-order chi connectivity index (χ0) is 16.3. The highest BCUT2D eigenvalue weighted by atomic mass is 32.2. The van der Waals surface area contributed by atoms with Crippen LogP contribution in [0.5, 0.6) is 0 Å². The van der Waals surface area contributed by atoms with Crippen LogP contribution in [0.4, 0.5) is 0 Å². The molecule has 0 aromatic carbocycles. The average Bonchev–Trinajstić information content (AvgIpc) is 2.49. The molecule has 1 atom stereocenters.